The van der Waals surface area contributed by atoms with E-state index in [1.807, 2.05) is 23.6 Å². The summed E-state index contributed by atoms with van der Waals surface area (Å²) < 4.78 is 0. The van der Waals surface area contributed by atoms with E-state index in [0.29, 0.717) is 25.9 Å². The van der Waals surface area contributed by atoms with E-state index in [4.69, 9.17) is 0 Å². The molecule has 0 radical (unpaired) electrons. The maximum Gasteiger partial charge on any atom is 0.255 e. The highest BCUT2D eigenvalue weighted by Crippen LogP contribution is 2.26. The lowest BCUT2D eigenvalue weighted by Gasteiger charge is -2.28. The molecular formula is C50H62N10O12. The summed E-state index contributed by atoms with van der Waals surface area (Å²) in [6, 6.07) is 16.7. The molecule has 1 heterocycles. The average Bonchev–Trinajstić information content (AvgIpc) is 3.36. The van der Waals surface area contributed by atoms with E-state index >= 15 is 0 Å². The number of phenols is 4. The third-order valence-corrected chi connectivity index (χ3v) is 11.5. The predicted octanol–water partition coefficient (Wildman–Crippen LogP) is 0.886. The first kappa shape index (κ1) is 54.7. The highest BCUT2D eigenvalue weighted by molar-refractivity contribution is 6.06. The molecule has 72 heavy (non-hydrogen) atoms. The van der Waals surface area contributed by atoms with Gasteiger partial charge in [-0.15, -0.1) is 0 Å². The van der Waals surface area contributed by atoms with Crippen molar-refractivity contribution >= 4 is 47.3 Å². The van der Waals surface area contributed by atoms with Crippen molar-refractivity contribution in [3.63, 3.8) is 0 Å². The van der Waals surface area contributed by atoms with Crippen LogP contribution in [0.3, 0.4) is 0 Å². The molecule has 0 spiro atoms. The van der Waals surface area contributed by atoms with Gasteiger partial charge >= 0.3 is 0 Å². The molecule has 1 aliphatic rings. The van der Waals surface area contributed by atoms with Crippen molar-refractivity contribution in [2.45, 2.75) is 26.7 Å². The summed E-state index contributed by atoms with van der Waals surface area (Å²) in [6.45, 7) is 5.66. The molecule has 0 aromatic heterocycles. The van der Waals surface area contributed by atoms with Crippen molar-refractivity contribution < 1.29 is 58.8 Å². The van der Waals surface area contributed by atoms with Crippen molar-refractivity contribution in [2.24, 2.45) is 0 Å². The molecule has 1 aliphatic heterocycles. The van der Waals surface area contributed by atoms with Crippen LogP contribution in [-0.4, -0.2) is 169 Å². The lowest BCUT2D eigenvalue weighted by Crippen LogP contribution is -2.46. The smallest absolute Gasteiger partial charge is 0.255 e. The summed E-state index contributed by atoms with van der Waals surface area (Å²) in [6.07, 6.45) is 1.33. The summed E-state index contributed by atoms with van der Waals surface area (Å²) in [5.74, 6) is -7.36. The Kier molecular flexibility index (Phi) is 20.7. The quantitative estimate of drug-likeness (QED) is 0.0836. The second kappa shape index (κ2) is 27.2. The van der Waals surface area contributed by atoms with Gasteiger partial charge in [0.15, 0.2) is 0 Å². The Balaban J connectivity index is 1.38. The zero-order chi connectivity index (χ0) is 52.2. The van der Waals surface area contributed by atoms with E-state index in [1.165, 1.54) is 72.8 Å². The number of hydrogen-bond acceptors (Lipinski definition) is 14. The van der Waals surface area contributed by atoms with Gasteiger partial charge in [-0.3, -0.25) is 48.2 Å². The number of nitrogens with zero attached hydrogens (tertiary/aromatic N) is 2. The van der Waals surface area contributed by atoms with Crippen LogP contribution in [-0.2, 0) is 0 Å². The Hall–Kier alpha value is -8.24. The van der Waals surface area contributed by atoms with Crippen LogP contribution in [0.1, 0.15) is 110 Å². The average molecular weight is 995 g/mol. The molecule has 0 unspecified atom stereocenters. The molecule has 8 amide bonds. The number of nitrogens with one attached hydrogen (secondary N) is 8. The molecule has 4 aromatic rings. The molecule has 0 atom stereocenters. The first-order chi connectivity index (χ1) is 34.7. The molecule has 12 N–H and O–H groups in total. The number of carbonyl (C=O) groups excluding carboxylic acids is 8. The Morgan fingerprint density at radius 3 is 1.00 bits per heavy atom. The molecular weight excluding hydrogens is 933 g/mol. The fourth-order valence-corrected chi connectivity index (χ4v) is 7.49. The van der Waals surface area contributed by atoms with Crippen molar-refractivity contribution in [2.75, 3.05) is 91.6 Å². The number of hydrogen-bond donors (Lipinski definition) is 12. The molecule has 5 rings (SSSR count). The van der Waals surface area contributed by atoms with E-state index in [9.17, 15) is 58.8 Å². The number of amides is 8. The maximum atomic E-state index is 13.4. The number of rotatable bonds is 14. The minimum Gasteiger partial charge on any atom is -0.506 e. The van der Waals surface area contributed by atoms with Gasteiger partial charge in [-0.2, -0.15) is 0 Å². The van der Waals surface area contributed by atoms with Crippen molar-refractivity contribution in [1.29, 1.82) is 0 Å². The number of carbonyl (C=O) groups is 8. The van der Waals surface area contributed by atoms with E-state index in [1.54, 1.807) is 0 Å². The van der Waals surface area contributed by atoms with Crippen molar-refractivity contribution in [3.8, 4) is 23.0 Å². The lowest BCUT2D eigenvalue weighted by molar-refractivity contribution is 0.0912. The Morgan fingerprint density at radius 1 is 0.417 bits per heavy atom. The fraction of sp³-hybridized carbons (Fsp3) is 0.360. The Labute approximate surface area is 415 Å². The number of aromatic hydroxyl groups is 4. The van der Waals surface area contributed by atoms with Crippen LogP contribution in [0.25, 0.3) is 0 Å². The molecule has 0 saturated carbocycles. The van der Waals surface area contributed by atoms with E-state index in [2.05, 4.69) is 42.5 Å². The zero-order valence-corrected chi connectivity index (χ0v) is 40.2. The molecule has 0 fully saturated rings. The van der Waals surface area contributed by atoms with Gasteiger partial charge in [-0.1, -0.05) is 38.1 Å². The fourth-order valence-electron chi connectivity index (χ4n) is 7.49. The van der Waals surface area contributed by atoms with Crippen LogP contribution >= 0.6 is 0 Å². The number of benzene rings is 4. The number of fused-ring (bicyclic) bond motifs is 4. The first-order valence-corrected chi connectivity index (χ1v) is 23.6. The van der Waals surface area contributed by atoms with Crippen LogP contribution < -0.4 is 42.5 Å². The second-order valence-electron chi connectivity index (χ2n) is 16.5. The van der Waals surface area contributed by atoms with Crippen molar-refractivity contribution in [3.05, 3.63) is 117 Å². The second-order valence-corrected chi connectivity index (χ2v) is 16.5. The monoisotopic (exact) mass is 994 g/mol. The van der Waals surface area contributed by atoms with Gasteiger partial charge < -0.3 is 63.0 Å². The highest BCUT2D eigenvalue weighted by Gasteiger charge is 2.24. The van der Waals surface area contributed by atoms with Crippen LogP contribution in [0.4, 0.5) is 0 Å². The maximum absolute atomic E-state index is 13.4. The van der Waals surface area contributed by atoms with Gasteiger partial charge in [-0.05, 0) is 61.4 Å². The standard InChI is InChI=1S/C50H62N10O12/c1-3-17-51-43(65)31-9-5-13-35(39(31)61)47(69)55-21-25-59-27-23-57-49(71)37-15-7-11-33(41(37)63)45(67)53-19-20-54-46(68)34-12-8-16-38(42(34)64)50(72)58-24-28-60(30-29-59)26-22-56-48(70)36-14-6-10-32(40(36)62)44(66)52-18-4-2/h5-16,61-64H,3-4,17-30H2,1-2H3,(H,51,65)(H,52,66)(H,53,67)(H,54,68)(H,55,69)(H,56,70)(H,57,71)(H,58,72). The first-order valence-electron chi connectivity index (χ1n) is 23.6. The van der Waals surface area contributed by atoms with Gasteiger partial charge in [0.25, 0.3) is 47.3 Å². The predicted molar refractivity (Wildman–Crippen MR) is 265 cm³/mol. The minimum absolute atomic E-state index is 0.0196. The summed E-state index contributed by atoms with van der Waals surface area (Å²) in [7, 11) is 0. The summed E-state index contributed by atoms with van der Waals surface area (Å²) in [4.78, 5) is 109. The Bertz CT molecular complexity index is 2440. The third-order valence-electron chi connectivity index (χ3n) is 11.5. The van der Waals surface area contributed by atoms with Gasteiger partial charge in [0.1, 0.15) is 23.0 Å². The SMILES string of the molecule is CCCNC(=O)c1cccc(C(=O)NCCN2CCNC(=O)c3cccc(c3O)C(=O)NCCNC(=O)c3cccc(c3O)C(=O)NCCN(CCNC(=O)c3cccc(C(=O)NCCC)c3O)CC2)c1O. The summed E-state index contributed by atoms with van der Waals surface area (Å²) in [5.41, 5.74) is -1.14. The van der Waals surface area contributed by atoms with Gasteiger partial charge in [-0.25, -0.2) is 0 Å². The molecule has 0 aliphatic carbocycles. The summed E-state index contributed by atoms with van der Waals surface area (Å²) in [5, 5.41) is 65.3. The van der Waals surface area contributed by atoms with Gasteiger partial charge in [0.05, 0.1) is 44.5 Å². The number of phenolic OH excluding ortho intramolecular Hbond substituents is 4. The van der Waals surface area contributed by atoms with Gasteiger partial charge in [0, 0.05) is 91.6 Å². The molecule has 4 bridgehead atoms. The highest BCUT2D eigenvalue weighted by atomic mass is 16.3. The topological polar surface area (TPSA) is 320 Å². The molecule has 4 aromatic carbocycles. The third kappa shape index (κ3) is 14.9. The minimum atomic E-state index is -0.733. The molecule has 22 heteroatoms. The van der Waals surface area contributed by atoms with Crippen molar-refractivity contribution in [1.82, 2.24) is 52.3 Å². The van der Waals surface area contributed by atoms with Crippen LogP contribution in [0.2, 0.25) is 0 Å². The lowest BCUT2D eigenvalue weighted by atomic mass is 10.1. The largest absolute Gasteiger partial charge is 0.506 e. The van der Waals surface area contributed by atoms with E-state index in [-0.39, 0.29) is 123 Å². The molecule has 384 valence electrons. The van der Waals surface area contributed by atoms with Crippen LogP contribution in [0.15, 0.2) is 72.8 Å². The van der Waals surface area contributed by atoms with Crippen LogP contribution in [0.5, 0.6) is 23.0 Å². The summed E-state index contributed by atoms with van der Waals surface area (Å²) >= 11 is 0. The zero-order valence-electron chi connectivity index (χ0n) is 40.2. The Morgan fingerprint density at radius 2 is 0.694 bits per heavy atom. The van der Waals surface area contributed by atoms with Crippen LogP contribution in [0, 0.1) is 0 Å². The normalized spacial score (nSPS) is 14.6. The number of para-hydroxylation sites is 4. The molecule has 22 nitrogen and oxygen atoms in total. The van der Waals surface area contributed by atoms with E-state index in [0.717, 1.165) is 0 Å². The molecule has 0 saturated heterocycles. The van der Waals surface area contributed by atoms with Gasteiger partial charge in [0.2, 0.25) is 0 Å². The van der Waals surface area contributed by atoms with E-state index < -0.39 is 70.3 Å².